The Morgan fingerprint density at radius 2 is 2.10 bits per heavy atom. The molecule has 2 atom stereocenters. The smallest absolute Gasteiger partial charge is 0.250 e. The summed E-state index contributed by atoms with van der Waals surface area (Å²) in [6.45, 7) is 1.90. The lowest BCUT2D eigenvalue weighted by Crippen LogP contribution is -2.64. The molecular formula is C15H16BrClN2O2. The molecule has 0 radical (unpaired) electrons. The number of anilines is 1. The number of hydrogen-bond donors (Lipinski definition) is 1. The van der Waals surface area contributed by atoms with Crippen molar-refractivity contribution < 1.29 is 9.59 Å². The molecule has 1 N–H and O–H groups in total. The Kier molecular flexibility index (Phi) is 3.97. The van der Waals surface area contributed by atoms with Crippen molar-refractivity contribution in [2.75, 3.05) is 4.90 Å². The van der Waals surface area contributed by atoms with E-state index < -0.39 is 12.1 Å². The first-order valence-corrected chi connectivity index (χ1v) is 8.28. The van der Waals surface area contributed by atoms with Gasteiger partial charge in [0.1, 0.15) is 12.1 Å². The second-order valence-electron chi connectivity index (χ2n) is 5.55. The van der Waals surface area contributed by atoms with E-state index in [9.17, 15) is 9.59 Å². The maximum absolute atomic E-state index is 12.8. The number of rotatable bonds is 3. The summed E-state index contributed by atoms with van der Waals surface area (Å²) in [4.78, 5) is 26.8. The van der Waals surface area contributed by atoms with E-state index in [2.05, 4.69) is 21.2 Å². The van der Waals surface area contributed by atoms with Crippen molar-refractivity contribution in [3.05, 3.63) is 27.7 Å². The SMILES string of the molecule is CCC1C(=O)NC(C2CC2)C(=O)N1c1cc(Cl)ccc1Br. The molecule has 1 aromatic rings. The minimum atomic E-state index is -0.484. The third kappa shape index (κ3) is 2.69. The molecular weight excluding hydrogens is 356 g/mol. The molecule has 6 heteroatoms. The van der Waals surface area contributed by atoms with Crippen molar-refractivity contribution in [3.63, 3.8) is 0 Å². The predicted molar refractivity (Wildman–Crippen MR) is 85.4 cm³/mol. The first-order chi connectivity index (χ1) is 10.0. The van der Waals surface area contributed by atoms with Crippen LogP contribution in [0.1, 0.15) is 26.2 Å². The third-order valence-electron chi connectivity index (χ3n) is 4.06. The molecule has 1 aliphatic carbocycles. The second kappa shape index (κ2) is 5.61. The standard InChI is InChI=1S/C15H16BrClN2O2/c1-2-11-14(20)18-13(8-3-4-8)15(21)19(11)12-7-9(17)5-6-10(12)16/h5-8,11,13H,2-4H2,1H3,(H,18,20). The summed E-state index contributed by atoms with van der Waals surface area (Å²) in [5.41, 5.74) is 0.667. The Balaban J connectivity index is 2.03. The molecule has 112 valence electrons. The Labute approximate surface area is 137 Å². The third-order valence-corrected chi connectivity index (χ3v) is 4.97. The fourth-order valence-corrected chi connectivity index (χ4v) is 3.41. The Morgan fingerprint density at radius 1 is 1.38 bits per heavy atom. The van der Waals surface area contributed by atoms with E-state index in [1.807, 2.05) is 6.92 Å². The van der Waals surface area contributed by atoms with Gasteiger partial charge in [0.25, 0.3) is 5.91 Å². The summed E-state index contributed by atoms with van der Waals surface area (Å²) in [6.07, 6.45) is 2.56. The molecule has 0 bridgehead atoms. The topological polar surface area (TPSA) is 49.4 Å². The number of hydrogen-bond acceptors (Lipinski definition) is 2. The molecule has 1 saturated heterocycles. The number of nitrogens with one attached hydrogen (secondary N) is 1. The molecule has 2 amide bonds. The van der Waals surface area contributed by atoms with Gasteiger partial charge in [0.05, 0.1) is 5.69 Å². The van der Waals surface area contributed by atoms with Crippen LogP contribution < -0.4 is 10.2 Å². The van der Waals surface area contributed by atoms with Gasteiger partial charge in [0.15, 0.2) is 0 Å². The maximum Gasteiger partial charge on any atom is 0.250 e. The summed E-state index contributed by atoms with van der Waals surface area (Å²) in [5.74, 6) is 0.160. The van der Waals surface area contributed by atoms with Gasteiger partial charge >= 0.3 is 0 Å². The number of nitrogens with zero attached hydrogens (tertiary/aromatic N) is 1. The van der Waals surface area contributed by atoms with Crippen LogP contribution >= 0.6 is 27.5 Å². The summed E-state index contributed by atoms with van der Waals surface area (Å²) in [5, 5.41) is 3.43. The van der Waals surface area contributed by atoms with Crippen LogP contribution in [-0.4, -0.2) is 23.9 Å². The normalized spacial score (nSPS) is 26.0. The molecule has 3 rings (SSSR count). The number of benzene rings is 1. The molecule has 0 aromatic heterocycles. The minimum absolute atomic E-state index is 0.0353. The Bertz CT molecular complexity index is 603. The quantitative estimate of drug-likeness (QED) is 0.887. The molecule has 1 heterocycles. The predicted octanol–water partition coefficient (Wildman–Crippen LogP) is 3.12. The van der Waals surface area contributed by atoms with Crippen LogP contribution in [0.25, 0.3) is 0 Å². The molecule has 1 aromatic carbocycles. The minimum Gasteiger partial charge on any atom is -0.342 e. The van der Waals surface area contributed by atoms with Crippen LogP contribution in [0.4, 0.5) is 5.69 Å². The molecule has 2 fully saturated rings. The average molecular weight is 372 g/mol. The van der Waals surface area contributed by atoms with E-state index in [4.69, 9.17) is 11.6 Å². The zero-order valence-electron chi connectivity index (χ0n) is 11.6. The van der Waals surface area contributed by atoms with Crippen LogP contribution in [0.15, 0.2) is 22.7 Å². The lowest BCUT2D eigenvalue weighted by atomic mass is 10.0. The monoisotopic (exact) mass is 370 g/mol. The lowest BCUT2D eigenvalue weighted by molar-refractivity contribution is -0.134. The highest BCUT2D eigenvalue weighted by atomic mass is 79.9. The average Bonchev–Trinajstić information content (AvgIpc) is 3.28. The van der Waals surface area contributed by atoms with Crippen LogP contribution in [0, 0.1) is 5.92 Å². The highest BCUT2D eigenvalue weighted by Gasteiger charge is 2.47. The molecule has 2 aliphatic rings. The highest BCUT2D eigenvalue weighted by Crippen LogP contribution is 2.38. The van der Waals surface area contributed by atoms with Gasteiger partial charge in [0, 0.05) is 9.50 Å². The van der Waals surface area contributed by atoms with Crippen molar-refractivity contribution in [2.24, 2.45) is 5.92 Å². The summed E-state index contributed by atoms with van der Waals surface area (Å²) < 4.78 is 0.767. The van der Waals surface area contributed by atoms with Crippen LogP contribution in [0.2, 0.25) is 5.02 Å². The fourth-order valence-electron chi connectivity index (χ4n) is 2.81. The molecule has 21 heavy (non-hydrogen) atoms. The lowest BCUT2D eigenvalue weighted by Gasteiger charge is -2.39. The van der Waals surface area contributed by atoms with Crippen LogP contribution in [0.3, 0.4) is 0 Å². The van der Waals surface area contributed by atoms with Crippen molar-refractivity contribution in [2.45, 2.75) is 38.3 Å². The van der Waals surface area contributed by atoms with Gasteiger partial charge < -0.3 is 5.32 Å². The largest absolute Gasteiger partial charge is 0.342 e. The maximum atomic E-state index is 12.8. The van der Waals surface area contributed by atoms with E-state index in [-0.39, 0.29) is 17.7 Å². The number of carbonyl (C=O) groups is 2. The van der Waals surface area contributed by atoms with Crippen molar-refractivity contribution >= 4 is 45.0 Å². The van der Waals surface area contributed by atoms with E-state index >= 15 is 0 Å². The molecule has 1 saturated carbocycles. The number of amides is 2. The van der Waals surface area contributed by atoms with E-state index in [0.717, 1.165) is 17.3 Å². The van der Waals surface area contributed by atoms with E-state index in [0.29, 0.717) is 17.1 Å². The van der Waals surface area contributed by atoms with Crippen LogP contribution in [-0.2, 0) is 9.59 Å². The number of halogens is 2. The first-order valence-electron chi connectivity index (χ1n) is 7.11. The van der Waals surface area contributed by atoms with Crippen molar-refractivity contribution in [3.8, 4) is 0 Å². The van der Waals surface area contributed by atoms with Gasteiger partial charge in [-0.15, -0.1) is 0 Å². The Hall–Kier alpha value is -1.07. The van der Waals surface area contributed by atoms with Gasteiger partial charge in [-0.05, 0) is 59.3 Å². The van der Waals surface area contributed by atoms with Gasteiger partial charge in [-0.1, -0.05) is 18.5 Å². The zero-order chi connectivity index (χ0) is 15.1. The number of carbonyl (C=O) groups excluding carboxylic acids is 2. The summed E-state index contributed by atoms with van der Waals surface area (Å²) in [6, 6.07) is 4.40. The van der Waals surface area contributed by atoms with E-state index in [1.54, 1.807) is 23.1 Å². The molecule has 4 nitrogen and oxygen atoms in total. The molecule has 0 spiro atoms. The van der Waals surface area contributed by atoms with Crippen molar-refractivity contribution in [1.29, 1.82) is 0 Å². The van der Waals surface area contributed by atoms with Crippen LogP contribution in [0.5, 0.6) is 0 Å². The Morgan fingerprint density at radius 3 is 2.71 bits per heavy atom. The van der Waals surface area contributed by atoms with Gasteiger partial charge in [-0.25, -0.2) is 0 Å². The van der Waals surface area contributed by atoms with Gasteiger partial charge in [0.2, 0.25) is 5.91 Å². The number of piperazine rings is 1. The van der Waals surface area contributed by atoms with Crippen molar-refractivity contribution in [1.82, 2.24) is 5.32 Å². The van der Waals surface area contributed by atoms with Gasteiger partial charge in [-0.2, -0.15) is 0 Å². The first kappa shape index (κ1) is 14.9. The molecule has 2 unspecified atom stereocenters. The zero-order valence-corrected chi connectivity index (χ0v) is 13.9. The van der Waals surface area contributed by atoms with E-state index in [1.165, 1.54) is 0 Å². The highest BCUT2D eigenvalue weighted by molar-refractivity contribution is 9.10. The van der Waals surface area contributed by atoms with Gasteiger partial charge in [-0.3, -0.25) is 14.5 Å². The second-order valence-corrected chi connectivity index (χ2v) is 6.84. The summed E-state index contributed by atoms with van der Waals surface area (Å²) >= 11 is 9.52. The fraction of sp³-hybridized carbons (Fsp3) is 0.467. The molecule has 1 aliphatic heterocycles. The summed E-state index contributed by atoms with van der Waals surface area (Å²) in [7, 11) is 0.